The van der Waals surface area contributed by atoms with E-state index < -0.39 is 15.9 Å². The van der Waals surface area contributed by atoms with Crippen LogP contribution in [0.3, 0.4) is 0 Å². The van der Waals surface area contributed by atoms with Crippen LogP contribution in [-0.4, -0.2) is 49.5 Å². The largest absolute Gasteiger partial charge is 0.486 e. The quantitative estimate of drug-likeness (QED) is 0.500. The molecule has 1 saturated carbocycles. The van der Waals surface area contributed by atoms with E-state index in [0.717, 1.165) is 23.1 Å². The van der Waals surface area contributed by atoms with Gasteiger partial charge in [0, 0.05) is 37.3 Å². The summed E-state index contributed by atoms with van der Waals surface area (Å²) in [5.41, 5.74) is 1.19. The van der Waals surface area contributed by atoms with Gasteiger partial charge in [-0.3, -0.25) is 4.79 Å². The van der Waals surface area contributed by atoms with Crippen LogP contribution in [-0.2, 0) is 16.6 Å². The second kappa shape index (κ2) is 8.44. The van der Waals surface area contributed by atoms with E-state index in [1.54, 1.807) is 13.1 Å². The van der Waals surface area contributed by atoms with Crippen molar-refractivity contribution in [3.05, 3.63) is 59.4 Å². The molecule has 3 aromatic rings. The first kappa shape index (κ1) is 21.9. The number of aromatic nitrogens is 1. The first-order chi connectivity index (χ1) is 15.9. The molecule has 1 amide bonds. The Kier molecular flexibility index (Phi) is 5.59. The normalized spacial score (nSPS) is 16.4. The van der Waals surface area contributed by atoms with E-state index in [0.29, 0.717) is 41.6 Å². The molecule has 0 bridgehead atoms. The van der Waals surface area contributed by atoms with E-state index in [1.807, 2.05) is 16.7 Å². The summed E-state index contributed by atoms with van der Waals surface area (Å²) in [5.74, 6) is 0.887. The van der Waals surface area contributed by atoms with E-state index in [2.05, 4.69) is 11.6 Å². The van der Waals surface area contributed by atoms with Crippen LogP contribution in [0.1, 0.15) is 23.2 Å². The lowest BCUT2D eigenvalue weighted by Gasteiger charge is -2.18. The van der Waals surface area contributed by atoms with Crippen molar-refractivity contribution in [1.82, 2.24) is 8.87 Å². The van der Waals surface area contributed by atoms with Crippen LogP contribution in [0.15, 0.2) is 58.9 Å². The van der Waals surface area contributed by atoms with Gasteiger partial charge in [0.25, 0.3) is 5.91 Å². The van der Waals surface area contributed by atoms with E-state index in [4.69, 9.17) is 9.47 Å². The zero-order chi connectivity index (χ0) is 23.2. The summed E-state index contributed by atoms with van der Waals surface area (Å²) in [6.45, 7) is 5.26. The Morgan fingerprint density at radius 2 is 1.88 bits per heavy atom. The van der Waals surface area contributed by atoms with Crippen molar-refractivity contribution in [1.29, 1.82) is 0 Å². The zero-order valence-corrected chi connectivity index (χ0v) is 19.7. The van der Waals surface area contributed by atoms with Gasteiger partial charge in [-0.05, 0) is 37.1 Å². The fourth-order valence-electron chi connectivity index (χ4n) is 3.72. The predicted octanol–water partition coefficient (Wildman–Crippen LogP) is 3.18. The second-order valence-corrected chi connectivity index (χ2v) is 10.9. The Morgan fingerprint density at radius 1 is 1.21 bits per heavy atom. The highest BCUT2D eigenvalue weighted by molar-refractivity contribution is 7.89. The summed E-state index contributed by atoms with van der Waals surface area (Å²) < 4.78 is 41.0. The Bertz CT molecular complexity index is 1420. The molecule has 1 aliphatic heterocycles. The minimum atomic E-state index is -3.56. The highest BCUT2D eigenvalue weighted by Crippen LogP contribution is 2.35. The zero-order valence-electron chi connectivity index (χ0n) is 18.1. The number of amides is 1. The standard InChI is InChI=1S/C23H23N3O5S2/c1-3-10-26-18-13-19-20(31-12-11-30-19)14-21(18)32-23(26)24-22(27)15-4-8-17(9-5-15)33(28,29)25(2)16-6-7-16/h3-5,8-9,13-14,16H,1,6-7,10-12H2,2H3. The molecule has 5 rings (SSSR count). The average molecular weight is 486 g/mol. The third-order valence-electron chi connectivity index (χ3n) is 5.69. The number of hydrogen-bond donors (Lipinski definition) is 0. The fourth-order valence-corrected chi connectivity index (χ4v) is 6.18. The lowest BCUT2D eigenvalue weighted by molar-refractivity contribution is 0.0997. The molecule has 2 aliphatic rings. The van der Waals surface area contributed by atoms with Gasteiger partial charge in [-0.1, -0.05) is 17.4 Å². The van der Waals surface area contributed by atoms with Crippen LogP contribution >= 0.6 is 11.3 Å². The van der Waals surface area contributed by atoms with Gasteiger partial charge < -0.3 is 14.0 Å². The van der Waals surface area contributed by atoms with Gasteiger partial charge in [0.1, 0.15) is 13.2 Å². The molecule has 8 nitrogen and oxygen atoms in total. The number of rotatable bonds is 6. The average Bonchev–Trinajstić information content (AvgIpc) is 3.62. The summed E-state index contributed by atoms with van der Waals surface area (Å²) in [4.78, 5) is 17.9. The number of nitrogens with zero attached hydrogens (tertiary/aromatic N) is 3. The number of benzene rings is 2. The first-order valence-corrected chi connectivity index (χ1v) is 12.8. The number of sulfonamides is 1. The van der Waals surface area contributed by atoms with Gasteiger partial charge >= 0.3 is 0 Å². The highest BCUT2D eigenvalue weighted by atomic mass is 32.2. The molecule has 2 heterocycles. The molecule has 0 spiro atoms. The number of carbonyl (C=O) groups excluding carboxylic acids is 1. The smallest absolute Gasteiger partial charge is 0.279 e. The number of carbonyl (C=O) groups is 1. The molecule has 33 heavy (non-hydrogen) atoms. The number of ether oxygens (including phenoxy) is 2. The molecule has 2 aromatic carbocycles. The number of fused-ring (bicyclic) bond motifs is 2. The van der Waals surface area contributed by atoms with E-state index in [-0.39, 0.29) is 10.9 Å². The van der Waals surface area contributed by atoms with Crippen molar-refractivity contribution in [2.24, 2.45) is 4.99 Å². The fraction of sp³-hybridized carbons (Fsp3) is 0.304. The molecule has 1 aliphatic carbocycles. The van der Waals surface area contributed by atoms with Crippen molar-refractivity contribution >= 4 is 37.5 Å². The Labute approximate surface area is 195 Å². The van der Waals surface area contributed by atoms with Gasteiger partial charge in [-0.25, -0.2) is 8.42 Å². The topological polar surface area (TPSA) is 90.2 Å². The maximum Gasteiger partial charge on any atom is 0.279 e. The van der Waals surface area contributed by atoms with Crippen LogP contribution in [0.4, 0.5) is 0 Å². The summed E-state index contributed by atoms with van der Waals surface area (Å²) in [6.07, 6.45) is 3.50. The van der Waals surface area contributed by atoms with Crippen LogP contribution < -0.4 is 14.3 Å². The first-order valence-electron chi connectivity index (χ1n) is 10.6. The third kappa shape index (κ3) is 4.09. The van der Waals surface area contributed by atoms with Crippen LogP contribution in [0.5, 0.6) is 11.5 Å². The van der Waals surface area contributed by atoms with Crippen molar-refractivity contribution in [2.45, 2.75) is 30.3 Å². The van der Waals surface area contributed by atoms with Gasteiger partial charge in [-0.15, -0.1) is 6.58 Å². The summed E-state index contributed by atoms with van der Waals surface area (Å²) >= 11 is 1.37. The Morgan fingerprint density at radius 3 is 2.52 bits per heavy atom. The Balaban J connectivity index is 1.49. The van der Waals surface area contributed by atoms with Crippen molar-refractivity contribution in [2.75, 3.05) is 20.3 Å². The van der Waals surface area contributed by atoms with Crippen LogP contribution in [0, 0.1) is 0 Å². The van der Waals surface area contributed by atoms with Gasteiger partial charge in [0.15, 0.2) is 16.3 Å². The highest BCUT2D eigenvalue weighted by Gasteiger charge is 2.35. The molecule has 0 N–H and O–H groups in total. The van der Waals surface area contributed by atoms with Crippen molar-refractivity contribution in [3.8, 4) is 11.5 Å². The predicted molar refractivity (Wildman–Crippen MR) is 125 cm³/mol. The molecule has 0 unspecified atom stereocenters. The maximum atomic E-state index is 12.9. The van der Waals surface area contributed by atoms with E-state index >= 15 is 0 Å². The molecular weight excluding hydrogens is 462 g/mol. The Hall–Kier alpha value is -2.95. The van der Waals surface area contributed by atoms with Gasteiger partial charge in [0.05, 0.1) is 15.1 Å². The SMILES string of the molecule is C=CCn1c(=NC(=O)c2ccc(S(=O)(=O)N(C)C3CC3)cc2)sc2cc3c(cc21)OCCO3. The number of allylic oxidation sites excluding steroid dienone is 1. The minimum absolute atomic E-state index is 0.0704. The van der Waals surface area contributed by atoms with Crippen molar-refractivity contribution in [3.63, 3.8) is 0 Å². The van der Waals surface area contributed by atoms with E-state index in [9.17, 15) is 13.2 Å². The lowest BCUT2D eigenvalue weighted by atomic mass is 10.2. The molecule has 172 valence electrons. The van der Waals surface area contributed by atoms with Crippen molar-refractivity contribution < 1.29 is 22.7 Å². The minimum Gasteiger partial charge on any atom is -0.486 e. The maximum absolute atomic E-state index is 12.9. The van der Waals surface area contributed by atoms with E-state index in [1.165, 1.54) is 39.9 Å². The third-order valence-corrected chi connectivity index (χ3v) is 8.66. The number of hydrogen-bond acceptors (Lipinski definition) is 6. The monoisotopic (exact) mass is 485 g/mol. The second-order valence-electron chi connectivity index (χ2n) is 7.94. The molecular formula is C23H23N3O5S2. The molecule has 10 heteroatoms. The summed E-state index contributed by atoms with van der Waals surface area (Å²) in [7, 11) is -1.97. The molecule has 0 radical (unpaired) electrons. The van der Waals surface area contributed by atoms with Gasteiger partial charge in [-0.2, -0.15) is 9.30 Å². The van der Waals surface area contributed by atoms with Crippen LogP contribution in [0.2, 0.25) is 0 Å². The molecule has 1 fully saturated rings. The summed E-state index contributed by atoms with van der Waals surface area (Å²) in [6, 6.07) is 9.79. The van der Waals surface area contributed by atoms with Gasteiger partial charge in [0.2, 0.25) is 10.0 Å². The number of thiazole rings is 1. The van der Waals surface area contributed by atoms with Crippen LogP contribution in [0.25, 0.3) is 10.2 Å². The molecule has 1 aromatic heterocycles. The molecule has 0 saturated heterocycles. The summed E-state index contributed by atoms with van der Waals surface area (Å²) in [5, 5.41) is 0. The lowest BCUT2D eigenvalue weighted by Crippen LogP contribution is -2.28. The molecule has 0 atom stereocenters.